The summed E-state index contributed by atoms with van der Waals surface area (Å²) in [5, 5.41) is 1.27. The molecule has 0 aliphatic carbocycles. The van der Waals surface area contributed by atoms with Crippen LogP contribution in [0.2, 0.25) is 0 Å². The van der Waals surface area contributed by atoms with E-state index in [9.17, 15) is 0 Å². The Kier molecular flexibility index (Phi) is 2.76. The van der Waals surface area contributed by atoms with Gasteiger partial charge in [-0.1, -0.05) is 24.3 Å². The molecule has 22 heavy (non-hydrogen) atoms. The maximum absolute atomic E-state index is 2.27. The number of para-hydroxylation sites is 3. The van der Waals surface area contributed by atoms with Crippen LogP contribution in [0.3, 0.4) is 0 Å². The maximum atomic E-state index is 2.27. The number of hydrogen-bond acceptors (Lipinski definition) is 0. The summed E-state index contributed by atoms with van der Waals surface area (Å²) in [7, 11) is 6.37. The first kappa shape index (κ1) is 13.0. The molecule has 108 valence electrons. The molecule has 0 saturated carbocycles. The summed E-state index contributed by atoms with van der Waals surface area (Å²) in [6.07, 6.45) is 2.13. The third-order valence-electron chi connectivity index (χ3n) is 4.52. The van der Waals surface area contributed by atoms with Gasteiger partial charge < -0.3 is 0 Å². The molecule has 0 spiro atoms. The molecule has 4 rings (SSSR count). The maximum Gasteiger partial charge on any atom is 0.290 e. The van der Waals surface area contributed by atoms with Crippen molar-refractivity contribution in [3.05, 3.63) is 60.8 Å². The first-order chi connectivity index (χ1) is 10.7. The number of hydrogen-bond donors (Lipinski definition) is 0. The first-order valence-electron chi connectivity index (χ1n) is 7.49. The Morgan fingerprint density at radius 2 is 1.50 bits per heavy atom. The quantitative estimate of drug-likeness (QED) is 0.478. The van der Waals surface area contributed by atoms with E-state index in [0.29, 0.717) is 0 Å². The Bertz CT molecular complexity index is 973. The molecular weight excluding hydrogens is 270 g/mol. The summed E-state index contributed by atoms with van der Waals surface area (Å²) in [4.78, 5) is 0. The zero-order chi connectivity index (χ0) is 15.3. The minimum atomic E-state index is 1.22. The fourth-order valence-electron chi connectivity index (χ4n) is 3.41. The SMILES string of the molecule is Cn1c(-c2cc[n+](C)c3ccccc23)[n+](C)c2ccccc21. The van der Waals surface area contributed by atoms with Crippen molar-refractivity contribution in [1.82, 2.24) is 4.57 Å². The van der Waals surface area contributed by atoms with E-state index in [1.807, 2.05) is 0 Å². The lowest BCUT2D eigenvalue weighted by Gasteiger charge is -2.03. The lowest BCUT2D eigenvalue weighted by Crippen LogP contribution is -2.32. The van der Waals surface area contributed by atoms with Crippen LogP contribution >= 0.6 is 0 Å². The average molecular weight is 289 g/mol. The third kappa shape index (κ3) is 1.69. The molecule has 0 amide bonds. The molecule has 3 nitrogen and oxygen atoms in total. The second-order valence-corrected chi connectivity index (χ2v) is 5.79. The zero-order valence-electron chi connectivity index (χ0n) is 13.1. The van der Waals surface area contributed by atoms with E-state index < -0.39 is 0 Å². The van der Waals surface area contributed by atoms with Gasteiger partial charge in [0.05, 0.1) is 25.0 Å². The monoisotopic (exact) mass is 289 g/mol. The van der Waals surface area contributed by atoms with Gasteiger partial charge in [-0.25, -0.2) is 13.7 Å². The summed E-state index contributed by atoms with van der Waals surface area (Å²) >= 11 is 0. The highest BCUT2D eigenvalue weighted by molar-refractivity contribution is 5.91. The molecular formula is C19H19N3+2. The Morgan fingerprint density at radius 1 is 0.818 bits per heavy atom. The highest BCUT2D eigenvalue weighted by atomic mass is 15.1. The van der Waals surface area contributed by atoms with Crippen molar-refractivity contribution < 1.29 is 9.13 Å². The van der Waals surface area contributed by atoms with Gasteiger partial charge in [-0.2, -0.15) is 0 Å². The molecule has 0 saturated heterocycles. The zero-order valence-corrected chi connectivity index (χ0v) is 13.1. The number of nitrogens with zero attached hydrogens (tertiary/aromatic N) is 3. The predicted molar refractivity (Wildman–Crippen MR) is 88.2 cm³/mol. The van der Waals surface area contributed by atoms with Gasteiger partial charge in [-0.15, -0.1) is 0 Å². The Balaban J connectivity index is 2.15. The number of pyridine rings is 1. The van der Waals surface area contributed by atoms with Gasteiger partial charge in [0.2, 0.25) is 5.52 Å². The standard InChI is InChI=1S/C19H19N3/c1-20-13-12-15(14-8-4-5-9-16(14)20)19-21(2)17-10-6-7-11-18(17)22(19)3/h4-13H,1-3H3/q+2. The topological polar surface area (TPSA) is 12.7 Å². The summed E-state index contributed by atoms with van der Waals surface area (Å²) in [6.45, 7) is 0. The lowest BCUT2D eigenvalue weighted by atomic mass is 10.1. The Labute approximate surface area is 129 Å². The fourth-order valence-corrected chi connectivity index (χ4v) is 3.41. The molecule has 2 aromatic heterocycles. The summed E-state index contributed by atoms with van der Waals surface area (Å²) in [5.41, 5.74) is 5.00. The lowest BCUT2D eigenvalue weighted by molar-refractivity contribution is -0.645. The Hall–Kier alpha value is -2.68. The van der Waals surface area contributed by atoms with Crippen LogP contribution in [0, 0.1) is 0 Å². The highest BCUT2D eigenvalue weighted by Crippen LogP contribution is 2.27. The third-order valence-corrected chi connectivity index (χ3v) is 4.52. The van der Waals surface area contributed by atoms with E-state index in [0.717, 1.165) is 0 Å². The van der Waals surface area contributed by atoms with E-state index in [4.69, 9.17) is 0 Å². The number of rotatable bonds is 1. The molecule has 0 N–H and O–H groups in total. The van der Waals surface area contributed by atoms with Crippen LogP contribution in [0.4, 0.5) is 0 Å². The molecule has 0 bridgehead atoms. The summed E-state index contributed by atoms with van der Waals surface area (Å²) in [6, 6.07) is 19.3. The molecule has 0 aliphatic rings. The Morgan fingerprint density at radius 3 is 2.27 bits per heavy atom. The number of benzene rings is 2. The van der Waals surface area contributed by atoms with Crippen LogP contribution in [0.15, 0.2) is 60.8 Å². The van der Waals surface area contributed by atoms with Gasteiger partial charge in [0, 0.05) is 12.1 Å². The van der Waals surface area contributed by atoms with Crippen molar-refractivity contribution >= 4 is 21.9 Å². The predicted octanol–water partition coefficient (Wildman–Crippen LogP) is 2.65. The second kappa shape index (κ2) is 4.67. The van der Waals surface area contributed by atoms with Crippen LogP contribution < -0.4 is 9.13 Å². The van der Waals surface area contributed by atoms with E-state index >= 15 is 0 Å². The normalized spacial score (nSPS) is 11.4. The van der Waals surface area contributed by atoms with Crippen LogP contribution in [-0.2, 0) is 21.1 Å². The van der Waals surface area contributed by atoms with E-state index in [1.54, 1.807) is 0 Å². The minimum Gasteiger partial charge on any atom is -0.226 e. The minimum absolute atomic E-state index is 1.22. The van der Waals surface area contributed by atoms with E-state index in [-0.39, 0.29) is 0 Å². The van der Waals surface area contributed by atoms with Crippen molar-refractivity contribution in [1.29, 1.82) is 0 Å². The van der Waals surface area contributed by atoms with Crippen molar-refractivity contribution in [2.75, 3.05) is 0 Å². The second-order valence-electron chi connectivity index (χ2n) is 5.79. The summed E-state index contributed by atoms with van der Waals surface area (Å²) in [5.74, 6) is 1.22. The smallest absolute Gasteiger partial charge is 0.226 e. The molecule has 2 heterocycles. The largest absolute Gasteiger partial charge is 0.290 e. The van der Waals surface area contributed by atoms with Gasteiger partial charge >= 0.3 is 0 Å². The van der Waals surface area contributed by atoms with Gasteiger partial charge in [-0.05, 0) is 18.2 Å². The summed E-state index contributed by atoms with van der Waals surface area (Å²) < 4.78 is 6.72. The van der Waals surface area contributed by atoms with Gasteiger partial charge in [-0.3, -0.25) is 0 Å². The molecule has 3 heteroatoms. The number of fused-ring (bicyclic) bond motifs is 2. The highest BCUT2D eigenvalue weighted by Gasteiger charge is 2.24. The molecule has 0 radical (unpaired) electrons. The molecule has 0 unspecified atom stereocenters. The van der Waals surface area contributed by atoms with Crippen molar-refractivity contribution in [3.63, 3.8) is 0 Å². The van der Waals surface area contributed by atoms with Crippen LogP contribution in [-0.4, -0.2) is 4.57 Å². The van der Waals surface area contributed by atoms with Crippen LogP contribution in [0.1, 0.15) is 0 Å². The van der Waals surface area contributed by atoms with Crippen molar-refractivity contribution in [2.45, 2.75) is 0 Å². The van der Waals surface area contributed by atoms with E-state index in [2.05, 4.69) is 95.6 Å². The van der Waals surface area contributed by atoms with Crippen LogP contribution in [0.5, 0.6) is 0 Å². The number of aryl methyl sites for hydroxylation is 3. The van der Waals surface area contributed by atoms with Gasteiger partial charge in [0.1, 0.15) is 7.05 Å². The van der Waals surface area contributed by atoms with Crippen molar-refractivity contribution in [2.24, 2.45) is 21.1 Å². The number of aromatic nitrogens is 3. The average Bonchev–Trinajstić information content (AvgIpc) is 2.81. The van der Waals surface area contributed by atoms with Gasteiger partial charge in [0.25, 0.3) is 5.82 Å². The van der Waals surface area contributed by atoms with Gasteiger partial charge in [0.15, 0.2) is 17.2 Å². The van der Waals surface area contributed by atoms with Crippen molar-refractivity contribution in [3.8, 4) is 11.4 Å². The fraction of sp³-hybridized carbons (Fsp3) is 0.158. The molecule has 2 aromatic carbocycles. The molecule has 0 atom stereocenters. The molecule has 0 aliphatic heterocycles. The molecule has 4 aromatic rings. The van der Waals surface area contributed by atoms with E-state index in [1.165, 1.54) is 33.3 Å². The first-order valence-corrected chi connectivity index (χ1v) is 7.49. The number of imidazole rings is 1. The van der Waals surface area contributed by atoms with Crippen LogP contribution in [0.25, 0.3) is 33.3 Å². The molecule has 0 fully saturated rings.